The summed E-state index contributed by atoms with van der Waals surface area (Å²) in [4.78, 5) is 204. The molecule has 26 nitrogen and oxygen atoms in total. The van der Waals surface area contributed by atoms with Gasteiger partial charge in [0.2, 0.25) is 65.0 Å². The Morgan fingerprint density at radius 2 is 1.23 bits per heavy atom. The van der Waals surface area contributed by atoms with E-state index in [0.29, 0.717) is 70.0 Å². The van der Waals surface area contributed by atoms with Gasteiger partial charge in [-0.15, -0.1) is 0 Å². The lowest BCUT2D eigenvalue weighted by atomic mass is 9.81. The molecule has 1 spiro atoms. The van der Waals surface area contributed by atoms with Crippen molar-refractivity contribution in [1.29, 1.82) is 0 Å². The lowest BCUT2D eigenvalue weighted by Crippen LogP contribution is -2.65. The first-order valence-electron chi connectivity index (χ1n) is 35.8. The largest absolute Gasteiger partial charge is 0.495 e. The number of piperidine rings is 1. The van der Waals surface area contributed by atoms with Crippen molar-refractivity contribution in [1.82, 2.24) is 60.0 Å². The fourth-order valence-electron chi connectivity index (χ4n) is 15.2. The molecule has 1 aromatic rings. The molecule has 8 atom stereocenters. The van der Waals surface area contributed by atoms with Crippen molar-refractivity contribution in [2.24, 2.45) is 17.8 Å². The number of likely N-dealkylation sites (tertiary alicyclic amines) is 1. The number of rotatable bonds is 11. The lowest BCUT2D eigenvalue weighted by Gasteiger charge is -2.43. The van der Waals surface area contributed by atoms with Gasteiger partial charge >= 0.3 is 0 Å². The van der Waals surface area contributed by atoms with Crippen LogP contribution < -0.4 is 20.7 Å². The van der Waals surface area contributed by atoms with Crippen molar-refractivity contribution in [3.8, 4) is 5.75 Å². The molecule has 6 aliphatic rings. The van der Waals surface area contributed by atoms with Crippen LogP contribution in [0.3, 0.4) is 0 Å². The summed E-state index contributed by atoms with van der Waals surface area (Å²) in [5, 5.41) is 9.08. The van der Waals surface area contributed by atoms with Crippen LogP contribution in [0.5, 0.6) is 5.75 Å². The van der Waals surface area contributed by atoms with Gasteiger partial charge in [0.15, 0.2) is 11.8 Å². The van der Waals surface area contributed by atoms with Crippen molar-refractivity contribution in [2.75, 3.05) is 95.7 Å². The molecule has 3 saturated carbocycles. The van der Waals surface area contributed by atoms with Crippen LogP contribution >= 0.6 is 23.2 Å². The number of ketones is 1. The van der Waals surface area contributed by atoms with Crippen molar-refractivity contribution in [3.63, 3.8) is 0 Å². The summed E-state index contributed by atoms with van der Waals surface area (Å²) in [5.74, 6) is -9.35. The Bertz CT molecular complexity index is 3130. The SMILES string of the molecule is CC[C@H](C)[C@@H]1NC(=O)[C@H](C)N(C)C(=O)C[C@@H](C(=O)N2CCCCC2)N(C)C(=O)[C@H](C2CCCCC2)N(C)C(=O)C2(CCCC2)NC(=O)C2CCCN2C(=O)[C@H](CCc2cc(Cl)c(Cl)c(OC)c2)NC(=O)CN(C)C(=O)[C@H](C(=O)CC2CCCCC2)N(C)C(=O)CN(C)C(=O)CN(C)C1=O. The highest BCUT2D eigenvalue weighted by atomic mass is 35.5. The van der Waals surface area contributed by atoms with Gasteiger partial charge < -0.3 is 64.8 Å². The lowest BCUT2D eigenvalue weighted by molar-refractivity contribution is -0.157. The Morgan fingerprint density at radius 1 is 0.626 bits per heavy atom. The Labute approximate surface area is 593 Å². The van der Waals surface area contributed by atoms with Gasteiger partial charge in [-0.1, -0.05) is 108 Å². The number of nitrogens with one attached hydrogen (secondary N) is 3. The van der Waals surface area contributed by atoms with Crippen LogP contribution in [0.4, 0.5) is 0 Å². The molecule has 7 rings (SSSR count). The minimum atomic E-state index is -1.74. The molecule has 550 valence electrons. The van der Waals surface area contributed by atoms with E-state index in [1.54, 1.807) is 31.0 Å². The maximum absolute atomic E-state index is 15.7. The van der Waals surface area contributed by atoms with Gasteiger partial charge in [-0.05, 0) is 113 Å². The van der Waals surface area contributed by atoms with Crippen LogP contribution in [0.2, 0.25) is 10.0 Å². The molecule has 3 aliphatic carbocycles. The zero-order chi connectivity index (χ0) is 72.7. The molecule has 28 heteroatoms. The van der Waals surface area contributed by atoms with Gasteiger partial charge in [0.05, 0.1) is 38.2 Å². The smallest absolute Gasteiger partial charge is 0.253 e. The average molecular weight is 1420 g/mol. The Balaban J connectivity index is 1.28. The Morgan fingerprint density at radius 3 is 1.86 bits per heavy atom. The van der Waals surface area contributed by atoms with Crippen molar-refractivity contribution in [2.45, 2.75) is 223 Å². The van der Waals surface area contributed by atoms with Gasteiger partial charge in [0.25, 0.3) is 5.91 Å². The van der Waals surface area contributed by atoms with Gasteiger partial charge in [0, 0.05) is 75.4 Å². The van der Waals surface area contributed by atoms with Crippen molar-refractivity contribution in [3.05, 3.63) is 27.7 Å². The van der Waals surface area contributed by atoms with Crippen LogP contribution in [-0.4, -0.2) is 264 Å². The van der Waals surface area contributed by atoms with Crippen LogP contribution in [0.1, 0.15) is 174 Å². The molecule has 1 unspecified atom stereocenters. The molecule has 3 N–H and O–H groups in total. The predicted octanol–water partition coefficient (Wildman–Crippen LogP) is 4.61. The number of Topliss-reactive ketones (excluding diaryl/α,β-unsaturated/α-hetero) is 1. The molecule has 3 heterocycles. The number of halogens is 2. The number of carbonyl (C=O) groups is 13. The number of hydrogen-bond donors (Lipinski definition) is 3. The summed E-state index contributed by atoms with van der Waals surface area (Å²) in [6, 6.07) is -5.92. The minimum Gasteiger partial charge on any atom is -0.495 e. The third-order valence-electron chi connectivity index (χ3n) is 21.9. The van der Waals surface area contributed by atoms with E-state index >= 15 is 19.2 Å². The maximum atomic E-state index is 15.7. The second-order valence-corrected chi connectivity index (χ2v) is 29.6. The number of benzene rings is 1. The zero-order valence-corrected chi connectivity index (χ0v) is 61.6. The van der Waals surface area contributed by atoms with E-state index in [-0.39, 0.29) is 72.7 Å². The summed E-state index contributed by atoms with van der Waals surface area (Å²) in [5.41, 5.74) is -0.944. The monoisotopic (exact) mass is 1420 g/mol. The fraction of sp³-hybridized carbons (Fsp3) is 0.732. The molecule has 3 saturated heterocycles. The first-order valence-corrected chi connectivity index (χ1v) is 36.6. The maximum Gasteiger partial charge on any atom is 0.253 e. The van der Waals surface area contributed by atoms with E-state index in [1.165, 1.54) is 71.0 Å². The Kier molecular flexibility index (Phi) is 28.8. The quantitative estimate of drug-likeness (QED) is 0.255. The molecule has 6 fully saturated rings. The summed E-state index contributed by atoms with van der Waals surface area (Å²) >= 11 is 13.0. The first kappa shape index (κ1) is 79.2. The number of amides is 12. The number of nitrogens with zero attached hydrogens (tertiary/aromatic N) is 9. The fourth-order valence-corrected chi connectivity index (χ4v) is 15.7. The highest BCUT2D eigenvalue weighted by molar-refractivity contribution is 6.43. The van der Waals surface area contributed by atoms with Gasteiger partial charge in [0.1, 0.15) is 52.6 Å². The molecule has 3 aliphatic heterocycles. The van der Waals surface area contributed by atoms with Gasteiger partial charge in [-0.3, -0.25) is 62.3 Å². The minimum absolute atomic E-state index is 0.0414. The van der Waals surface area contributed by atoms with Crippen LogP contribution in [-0.2, 0) is 68.7 Å². The first-order chi connectivity index (χ1) is 46.9. The van der Waals surface area contributed by atoms with E-state index in [4.69, 9.17) is 27.9 Å². The van der Waals surface area contributed by atoms with Crippen molar-refractivity contribution >= 4 is 99.9 Å². The number of fused-ring (bicyclic) bond motifs is 1. The van der Waals surface area contributed by atoms with Crippen LogP contribution in [0.25, 0.3) is 0 Å². The standard InChI is InChI=1S/C71H108Cl2N12O14/c1-12-44(2)60-67(95)79(6)42-57(89)77(4)43-58(90)82(9)62(53(86)38-46-25-16-13-17-26-46)68(96)78(5)41-55(87)74-50(31-30-47-37-49(72)59(73)54(39-47)99-11)65(93)85-36-24-29-51(85)64(92)76-71(32-20-21-33-71)70(98)83(10)61(48-27-18-14-19-28-48)69(97)81(8)52(66(94)84-34-22-15-23-35-84)40-56(88)80(7)45(3)63(91)75-60/h37,39,44-46,48,50-52,60-62H,12-36,38,40-43H2,1-11H3,(H,74,87)(H,75,91)(H,76,92)/t44-,45-,50-,51?,52-,60-,61-,62-/m0/s1. The number of likely N-dealkylation sites (N-methyl/N-ethyl adjacent to an activating group) is 7. The predicted molar refractivity (Wildman–Crippen MR) is 371 cm³/mol. The molecular weight excluding hydrogens is 1320 g/mol. The van der Waals surface area contributed by atoms with E-state index in [2.05, 4.69) is 16.0 Å². The van der Waals surface area contributed by atoms with Crippen LogP contribution in [0.15, 0.2) is 12.1 Å². The molecule has 0 radical (unpaired) electrons. The van der Waals surface area contributed by atoms with Gasteiger partial charge in [-0.25, -0.2) is 0 Å². The third kappa shape index (κ3) is 19.5. The number of hydrogen-bond acceptors (Lipinski definition) is 14. The summed E-state index contributed by atoms with van der Waals surface area (Å²) in [6.45, 7) is 4.00. The molecule has 99 heavy (non-hydrogen) atoms. The van der Waals surface area contributed by atoms with E-state index in [9.17, 15) is 43.2 Å². The Hall–Kier alpha value is -7.09. The average Bonchev–Trinajstić information content (AvgIpc) is 1.61. The summed E-state index contributed by atoms with van der Waals surface area (Å²) < 4.78 is 5.48. The van der Waals surface area contributed by atoms with Crippen molar-refractivity contribution < 1.29 is 67.1 Å². The molecule has 0 aromatic heterocycles. The molecule has 0 bridgehead atoms. The summed E-state index contributed by atoms with van der Waals surface area (Å²) in [6.07, 6.45) is 12.0. The summed E-state index contributed by atoms with van der Waals surface area (Å²) in [7, 11) is 11.1. The number of carbonyl (C=O) groups excluding carboxylic acids is 13. The second-order valence-electron chi connectivity index (χ2n) is 28.8. The number of methoxy groups -OCH3 is 1. The molecule has 1 aromatic carbocycles. The zero-order valence-electron chi connectivity index (χ0n) is 60.1. The topological polar surface area (TPSA) is 296 Å². The van der Waals surface area contributed by atoms with Crippen LogP contribution in [0, 0.1) is 17.8 Å². The number of aryl methyl sites for hydroxylation is 1. The van der Waals surface area contributed by atoms with E-state index in [1.807, 2.05) is 6.92 Å². The third-order valence-corrected chi connectivity index (χ3v) is 22.7. The van der Waals surface area contributed by atoms with E-state index < -0.39 is 156 Å². The number of ether oxygens (including phenoxy) is 1. The molecule has 12 amide bonds. The molecular formula is C71H108Cl2N12O14. The highest BCUT2D eigenvalue weighted by Gasteiger charge is 2.51. The van der Waals surface area contributed by atoms with E-state index in [0.717, 1.165) is 82.3 Å². The van der Waals surface area contributed by atoms with Gasteiger partial charge in [-0.2, -0.15) is 0 Å². The normalized spacial score (nSPS) is 26.8. The second kappa shape index (κ2) is 36.0. The highest BCUT2D eigenvalue weighted by Crippen LogP contribution is 2.38.